The van der Waals surface area contributed by atoms with Crippen LogP contribution >= 0.6 is 12.4 Å². The average molecular weight is 367 g/mol. The molecule has 0 aliphatic carbocycles. The van der Waals surface area contributed by atoms with Crippen LogP contribution in [0.2, 0.25) is 0 Å². The van der Waals surface area contributed by atoms with Crippen LogP contribution in [0.4, 0.5) is 4.39 Å². The molecule has 2 aromatic carbocycles. The van der Waals surface area contributed by atoms with Crippen molar-refractivity contribution in [1.82, 2.24) is 5.32 Å². The molecule has 0 aliphatic rings. The first kappa shape index (κ1) is 20.6. The van der Waals surface area contributed by atoms with Gasteiger partial charge in [-0.1, -0.05) is 24.3 Å². The molecule has 2 rings (SSSR count). The first-order valence-corrected chi connectivity index (χ1v) is 7.46. The summed E-state index contributed by atoms with van der Waals surface area (Å²) in [5.41, 5.74) is 7.43. The van der Waals surface area contributed by atoms with Crippen LogP contribution in [0.3, 0.4) is 0 Å². The van der Waals surface area contributed by atoms with Crippen molar-refractivity contribution in [3.63, 3.8) is 0 Å². The Kier molecular flexibility index (Phi) is 8.04. The molecule has 7 heteroatoms. The highest BCUT2D eigenvalue weighted by Gasteiger charge is 2.15. The molecular formula is C18H20ClFN2O3. The first-order valence-electron chi connectivity index (χ1n) is 7.46. The van der Waals surface area contributed by atoms with Crippen LogP contribution in [0.15, 0.2) is 42.5 Å². The molecule has 3 N–H and O–H groups in total. The van der Waals surface area contributed by atoms with Gasteiger partial charge in [0.05, 0.1) is 0 Å². The molecule has 1 atom stereocenters. The second kappa shape index (κ2) is 9.76. The number of nitrogens with one attached hydrogen (secondary N) is 1. The van der Waals surface area contributed by atoms with Gasteiger partial charge in [0.2, 0.25) is 5.91 Å². The standard InChI is InChI=1S/C18H19FN2O3.ClH/c1-12-5-6-14(16(19)7-12)9-21-18(23)17(20)11-24-15-4-2-3-13(8-15)10-22;/h2-8,10,17H,9,11,20H2,1H3,(H,21,23);1H/t17-;/m0./s1. The normalized spacial score (nSPS) is 11.2. The van der Waals surface area contributed by atoms with E-state index in [1.54, 1.807) is 43.3 Å². The Bertz CT molecular complexity index is 740. The van der Waals surface area contributed by atoms with Gasteiger partial charge < -0.3 is 15.8 Å². The summed E-state index contributed by atoms with van der Waals surface area (Å²) in [7, 11) is 0. The second-order valence-corrected chi connectivity index (χ2v) is 5.42. The second-order valence-electron chi connectivity index (χ2n) is 5.42. The zero-order valence-electron chi connectivity index (χ0n) is 13.7. The number of hydrogen-bond donors (Lipinski definition) is 2. The fourth-order valence-corrected chi connectivity index (χ4v) is 2.05. The zero-order valence-corrected chi connectivity index (χ0v) is 14.5. The minimum absolute atomic E-state index is 0. The van der Waals surface area contributed by atoms with E-state index in [2.05, 4.69) is 5.32 Å². The molecule has 1 amide bonds. The number of amides is 1. The molecule has 0 aliphatic heterocycles. The Balaban J connectivity index is 0.00000312. The lowest BCUT2D eigenvalue weighted by molar-refractivity contribution is -0.123. The van der Waals surface area contributed by atoms with Gasteiger partial charge in [0.25, 0.3) is 0 Å². The maximum Gasteiger partial charge on any atom is 0.240 e. The molecule has 25 heavy (non-hydrogen) atoms. The minimum Gasteiger partial charge on any atom is -0.491 e. The van der Waals surface area contributed by atoms with Gasteiger partial charge >= 0.3 is 0 Å². The molecule has 0 heterocycles. The molecule has 0 saturated carbocycles. The largest absolute Gasteiger partial charge is 0.491 e. The number of halogens is 2. The summed E-state index contributed by atoms with van der Waals surface area (Å²) in [5.74, 6) is -0.361. The van der Waals surface area contributed by atoms with E-state index in [4.69, 9.17) is 10.5 Å². The summed E-state index contributed by atoms with van der Waals surface area (Å²) in [5, 5.41) is 2.58. The number of benzene rings is 2. The Hall–Kier alpha value is -2.44. The van der Waals surface area contributed by atoms with Crippen molar-refractivity contribution in [2.24, 2.45) is 5.73 Å². The lowest BCUT2D eigenvalue weighted by Crippen LogP contribution is -2.44. The molecule has 0 spiro atoms. The van der Waals surface area contributed by atoms with Crippen molar-refractivity contribution in [3.05, 3.63) is 65.0 Å². The average Bonchev–Trinajstić information content (AvgIpc) is 2.58. The predicted octanol–water partition coefficient (Wildman–Crippen LogP) is 2.39. The molecular weight excluding hydrogens is 347 g/mol. The van der Waals surface area contributed by atoms with Crippen LogP contribution in [0.25, 0.3) is 0 Å². The number of ether oxygens (including phenoxy) is 1. The maximum absolute atomic E-state index is 13.7. The van der Waals surface area contributed by atoms with Gasteiger partial charge in [-0.25, -0.2) is 4.39 Å². The fraction of sp³-hybridized carbons (Fsp3) is 0.222. The number of rotatable bonds is 7. The SMILES string of the molecule is Cc1ccc(CNC(=O)[C@@H](N)COc2cccc(C=O)c2)c(F)c1.Cl. The van der Waals surface area contributed by atoms with Gasteiger partial charge in [0, 0.05) is 17.7 Å². The van der Waals surface area contributed by atoms with E-state index in [9.17, 15) is 14.0 Å². The van der Waals surface area contributed by atoms with E-state index in [-0.39, 0.29) is 31.4 Å². The van der Waals surface area contributed by atoms with Crippen LogP contribution in [-0.2, 0) is 11.3 Å². The summed E-state index contributed by atoms with van der Waals surface area (Å²) in [6.45, 7) is 1.79. The van der Waals surface area contributed by atoms with Gasteiger partial charge in [0.1, 0.15) is 30.5 Å². The van der Waals surface area contributed by atoms with Crippen LogP contribution in [-0.4, -0.2) is 24.8 Å². The number of hydrogen-bond acceptors (Lipinski definition) is 4. The van der Waals surface area contributed by atoms with E-state index < -0.39 is 11.9 Å². The van der Waals surface area contributed by atoms with Crippen molar-refractivity contribution in [3.8, 4) is 5.75 Å². The number of carbonyl (C=O) groups excluding carboxylic acids is 2. The van der Waals surface area contributed by atoms with E-state index >= 15 is 0 Å². The van der Waals surface area contributed by atoms with Gasteiger partial charge in [-0.15, -0.1) is 12.4 Å². The summed E-state index contributed by atoms with van der Waals surface area (Å²) in [4.78, 5) is 22.6. The molecule has 134 valence electrons. The molecule has 2 aromatic rings. The monoisotopic (exact) mass is 366 g/mol. The van der Waals surface area contributed by atoms with Crippen LogP contribution in [0.5, 0.6) is 5.75 Å². The predicted molar refractivity (Wildman–Crippen MR) is 95.5 cm³/mol. The Morgan fingerprint density at radius 3 is 2.76 bits per heavy atom. The highest BCUT2D eigenvalue weighted by atomic mass is 35.5. The third kappa shape index (κ3) is 6.17. The molecule has 0 radical (unpaired) electrons. The van der Waals surface area contributed by atoms with Crippen LogP contribution in [0.1, 0.15) is 21.5 Å². The molecule has 0 aromatic heterocycles. The third-order valence-corrected chi connectivity index (χ3v) is 3.42. The number of aldehydes is 1. The topological polar surface area (TPSA) is 81.4 Å². The van der Waals surface area contributed by atoms with Crippen molar-refractivity contribution in [2.75, 3.05) is 6.61 Å². The van der Waals surface area contributed by atoms with Gasteiger partial charge in [0.15, 0.2) is 0 Å². The highest BCUT2D eigenvalue weighted by Crippen LogP contribution is 2.12. The molecule has 0 bridgehead atoms. The van der Waals surface area contributed by atoms with Gasteiger partial charge in [-0.3, -0.25) is 9.59 Å². The maximum atomic E-state index is 13.7. The fourth-order valence-electron chi connectivity index (χ4n) is 2.05. The van der Waals surface area contributed by atoms with E-state index in [1.165, 1.54) is 6.07 Å². The van der Waals surface area contributed by atoms with Crippen LogP contribution < -0.4 is 15.8 Å². The summed E-state index contributed by atoms with van der Waals surface area (Å²) >= 11 is 0. The summed E-state index contributed by atoms with van der Waals surface area (Å²) in [6.07, 6.45) is 0.704. The van der Waals surface area contributed by atoms with Gasteiger partial charge in [-0.05, 0) is 30.7 Å². The molecule has 0 unspecified atom stereocenters. The highest BCUT2D eigenvalue weighted by molar-refractivity contribution is 5.85. The Labute approximate surface area is 151 Å². The molecule has 0 fully saturated rings. The molecule has 0 saturated heterocycles. The number of nitrogens with two attached hydrogens (primary N) is 1. The smallest absolute Gasteiger partial charge is 0.240 e. The van der Waals surface area contributed by atoms with Crippen molar-refractivity contribution in [1.29, 1.82) is 0 Å². The number of aryl methyl sites for hydroxylation is 1. The van der Waals surface area contributed by atoms with Crippen LogP contribution in [0, 0.1) is 12.7 Å². The minimum atomic E-state index is -0.904. The number of carbonyl (C=O) groups is 2. The van der Waals surface area contributed by atoms with Crippen molar-refractivity contribution < 1.29 is 18.7 Å². The molecule has 5 nitrogen and oxygen atoms in total. The van der Waals surface area contributed by atoms with E-state index in [1.807, 2.05) is 0 Å². The lowest BCUT2D eigenvalue weighted by Gasteiger charge is -2.14. The Morgan fingerprint density at radius 2 is 2.08 bits per heavy atom. The van der Waals surface area contributed by atoms with Gasteiger partial charge in [-0.2, -0.15) is 0 Å². The summed E-state index contributed by atoms with van der Waals surface area (Å²) in [6, 6.07) is 10.4. The van der Waals surface area contributed by atoms with Crippen molar-refractivity contribution in [2.45, 2.75) is 19.5 Å². The Morgan fingerprint density at radius 1 is 1.32 bits per heavy atom. The van der Waals surface area contributed by atoms with E-state index in [0.717, 1.165) is 5.56 Å². The zero-order chi connectivity index (χ0) is 17.5. The van der Waals surface area contributed by atoms with Crippen molar-refractivity contribution >= 4 is 24.6 Å². The summed E-state index contributed by atoms with van der Waals surface area (Å²) < 4.78 is 19.1. The quantitative estimate of drug-likeness (QED) is 0.737. The first-order chi connectivity index (χ1) is 11.5. The van der Waals surface area contributed by atoms with E-state index in [0.29, 0.717) is 23.2 Å². The lowest BCUT2D eigenvalue weighted by atomic mass is 10.1. The third-order valence-electron chi connectivity index (χ3n) is 3.42.